The summed E-state index contributed by atoms with van der Waals surface area (Å²) in [7, 11) is -1.73. The highest BCUT2D eigenvalue weighted by Crippen LogP contribution is 2.61. The van der Waals surface area contributed by atoms with Crippen molar-refractivity contribution in [2.24, 2.45) is 0 Å². The second-order valence-corrected chi connectivity index (χ2v) is 13.5. The van der Waals surface area contributed by atoms with Crippen LogP contribution in [0.4, 0.5) is 8.78 Å². The largest absolute Gasteiger partial charge is 0.502 e. The van der Waals surface area contributed by atoms with Gasteiger partial charge in [0, 0.05) is 38.7 Å². The van der Waals surface area contributed by atoms with Gasteiger partial charge in [-0.15, -0.1) is 10.2 Å². The summed E-state index contributed by atoms with van der Waals surface area (Å²) in [6.07, 6.45) is 2.67. The fraction of sp³-hybridized carbons (Fsp3) is 0.481. The van der Waals surface area contributed by atoms with Crippen molar-refractivity contribution < 1.29 is 32.3 Å². The quantitative estimate of drug-likeness (QED) is 0.343. The molecule has 11 nitrogen and oxygen atoms in total. The molecule has 2 aliphatic rings. The van der Waals surface area contributed by atoms with E-state index < -0.39 is 47.6 Å². The summed E-state index contributed by atoms with van der Waals surface area (Å²) < 4.78 is 53.9. The molecule has 1 aromatic carbocycles. The highest BCUT2D eigenvalue weighted by molar-refractivity contribution is 7.54. The number of halogens is 2. The molecule has 3 heterocycles. The number of benzene rings is 1. The zero-order valence-corrected chi connectivity index (χ0v) is 25.4. The Bertz CT molecular complexity index is 1620. The molecule has 3 aromatic rings. The summed E-state index contributed by atoms with van der Waals surface area (Å²) in [5, 5.41) is 21.5. The zero-order chi connectivity index (χ0) is 30.4. The van der Waals surface area contributed by atoms with E-state index in [2.05, 4.69) is 10.2 Å². The van der Waals surface area contributed by atoms with Crippen molar-refractivity contribution in [1.29, 1.82) is 0 Å². The van der Waals surface area contributed by atoms with E-state index in [1.165, 1.54) is 16.9 Å². The number of rotatable bonds is 9. The van der Waals surface area contributed by atoms with Crippen LogP contribution in [0.1, 0.15) is 61.1 Å². The van der Waals surface area contributed by atoms with Gasteiger partial charge >= 0.3 is 7.60 Å². The van der Waals surface area contributed by atoms with Crippen LogP contribution in [-0.4, -0.2) is 68.9 Å². The normalized spacial score (nSPS) is 20.5. The van der Waals surface area contributed by atoms with Gasteiger partial charge in [0.25, 0.3) is 5.91 Å². The molecule has 2 atom stereocenters. The maximum atomic E-state index is 14.2. The third-order valence-corrected chi connectivity index (χ3v) is 11.4. The molecule has 2 aromatic heterocycles. The number of nitrogens with zero attached hydrogens (tertiary/aromatic N) is 5. The van der Waals surface area contributed by atoms with E-state index in [0.717, 1.165) is 23.5 Å². The lowest BCUT2D eigenvalue weighted by Crippen LogP contribution is -2.68. The number of amides is 1. The Hall–Kier alpha value is -3.19. The summed E-state index contributed by atoms with van der Waals surface area (Å²) in [5.41, 5.74) is -2.18. The summed E-state index contributed by atoms with van der Waals surface area (Å²) in [4.78, 5) is 28.7. The highest BCUT2D eigenvalue weighted by atomic mass is 32.1. The van der Waals surface area contributed by atoms with Crippen molar-refractivity contribution in [3.05, 3.63) is 62.5 Å². The Morgan fingerprint density at radius 1 is 1.17 bits per heavy atom. The fourth-order valence-electron chi connectivity index (χ4n) is 5.97. The minimum Gasteiger partial charge on any atom is -0.502 e. The van der Waals surface area contributed by atoms with Crippen LogP contribution in [0.25, 0.3) is 10.6 Å². The molecule has 226 valence electrons. The summed E-state index contributed by atoms with van der Waals surface area (Å²) in [6.45, 7) is 6.00. The number of carbonyl (C=O) groups is 1. The minimum atomic E-state index is -3.47. The second kappa shape index (κ2) is 11.5. The van der Waals surface area contributed by atoms with Crippen molar-refractivity contribution in [3.63, 3.8) is 0 Å². The van der Waals surface area contributed by atoms with E-state index in [4.69, 9.17) is 9.05 Å². The van der Waals surface area contributed by atoms with E-state index in [-0.39, 0.29) is 54.4 Å². The van der Waals surface area contributed by atoms with Crippen LogP contribution in [0.2, 0.25) is 0 Å². The predicted molar refractivity (Wildman–Crippen MR) is 153 cm³/mol. The van der Waals surface area contributed by atoms with E-state index in [1.54, 1.807) is 37.7 Å². The number of aromatic nitrogens is 3. The lowest BCUT2D eigenvalue weighted by atomic mass is 10.0. The lowest BCUT2D eigenvalue weighted by molar-refractivity contribution is 0.0319. The number of hydrogen-bond acceptors (Lipinski definition) is 10. The van der Waals surface area contributed by atoms with Crippen molar-refractivity contribution in [3.8, 4) is 16.3 Å². The maximum absolute atomic E-state index is 14.2. The lowest BCUT2D eigenvalue weighted by Gasteiger charge is -2.52. The van der Waals surface area contributed by atoms with E-state index in [1.807, 2.05) is 0 Å². The molecule has 15 heteroatoms. The molecule has 1 aliphatic heterocycles. The van der Waals surface area contributed by atoms with E-state index in [9.17, 15) is 28.0 Å². The zero-order valence-electron chi connectivity index (χ0n) is 23.7. The van der Waals surface area contributed by atoms with Crippen molar-refractivity contribution >= 4 is 24.8 Å². The average molecular weight is 624 g/mol. The topological polar surface area (TPSA) is 127 Å². The van der Waals surface area contributed by atoms with Crippen molar-refractivity contribution in [2.75, 3.05) is 31.8 Å². The first-order valence-electron chi connectivity index (χ1n) is 13.7. The van der Waals surface area contributed by atoms with Crippen molar-refractivity contribution in [1.82, 2.24) is 19.8 Å². The van der Waals surface area contributed by atoms with Crippen LogP contribution in [0.5, 0.6) is 5.75 Å². The Morgan fingerprint density at radius 3 is 2.52 bits per heavy atom. The molecule has 1 fully saturated rings. The SMILES string of the molecule is CCOP(=O)(OCC)C1CCC2(C1)N(CC)C(=O)c1c(O)c(=O)c(-c3nnc(Cc4ccc(F)cc4F)s3)cn1N2C. The minimum absolute atomic E-state index is 0.00294. The number of carbonyl (C=O) groups excluding carboxylic acids is 1. The fourth-order valence-corrected chi connectivity index (χ4v) is 9.01. The van der Waals surface area contributed by atoms with Crippen LogP contribution >= 0.6 is 18.9 Å². The molecule has 5 rings (SSSR count). The van der Waals surface area contributed by atoms with Gasteiger partial charge in [0.15, 0.2) is 16.5 Å². The van der Waals surface area contributed by atoms with E-state index in [0.29, 0.717) is 17.8 Å². The Kier molecular flexibility index (Phi) is 8.27. The molecule has 1 amide bonds. The monoisotopic (exact) mass is 623 g/mol. The van der Waals surface area contributed by atoms with Crippen LogP contribution in [0.15, 0.2) is 29.2 Å². The smallest absolute Gasteiger partial charge is 0.333 e. The Balaban J connectivity index is 1.54. The van der Waals surface area contributed by atoms with E-state index >= 15 is 0 Å². The summed E-state index contributed by atoms with van der Waals surface area (Å²) in [6, 6.07) is 3.24. The standard InChI is InChI=1S/C27H32F2N5O6PS/c1-5-33-26(37)22-24(36)23(35)19(25-31-30-21(42-25)12-16-8-9-17(28)13-20(16)29)15-34(22)32(4)27(33)11-10-18(14-27)41(38,39-6-2)40-7-3/h8-9,13,15,18,36H,5-7,10-12,14H2,1-4H3. The molecule has 2 unspecified atom stereocenters. The van der Waals surface area contributed by atoms with Crippen molar-refractivity contribution in [2.45, 2.75) is 57.8 Å². The summed E-state index contributed by atoms with van der Waals surface area (Å²) in [5.74, 6) is -2.69. The first-order valence-corrected chi connectivity index (χ1v) is 16.1. The van der Waals surface area contributed by atoms with Gasteiger partial charge in [0.05, 0.1) is 24.4 Å². The molecule has 42 heavy (non-hydrogen) atoms. The molecule has 1 spiro atoms. The van der Waals surface area contributed by atoms with Gasteiger partial charge in [-0.25, -0.2) is 8.78 Å². The van der Waals surface area contributed by atoms with Gasteiger partial charge in [-0.3, -0.25) is 23.8 Å². The third kappa shape index (κ3) is 4.93. The molecule has 1 N–H and O–H groups in total. The molecule has 0 saturated heterocycles. The number of pyridine rings is 1. The van der Waals surface area contributed by atoms with Gasteiger partial charge in [-0.1, -0.05) is 17.4 Å². The van der Waals surface area contributed by atoms with Gasteiger partial charge in [0.1, 0.15) is 22.3 Å². The van der Waals surface area contributed by atoms with Crippen LogP contribution in [0.3, 0.4) is 0 Å². The predicted octanol–water partition coefficient (Wildman–Crippen LogP) is 4.50. The maximum Gasteiger partial charge on any atom is 0.333 e. The van der Waals surface area contributed by atoms with Crippen LogP contribution < -0.4 is 10.4 Å². The van der Waals surface area contributed by atoms with Gasteiger partial charge in [0.2, 0.25) is 5.43 Å². The number of aromatic hydroxyl groups is 1. The number of hydrogen-bond donors (Lipinski definition) is 1. The highest BCUT2D eigenvalue weighted by Gasteiger charge is 2.57. The third-order valence-electron chi connectivity index (χ3n) is 7.92. The first-order chi connectivity index (χ1) is 20.0. The summed E-state index contributed by atoms with van der Waals surface area (Å²) >= 11 is 1.02. The molecule has 1 saturated carbocycles. The second-order valence-electron chi connectivity index (χ2n) is 10.2. The first kappa shape index (κ1) is 30.3. The van der Waals surface area contributed by atoms with Crippen LogP contribution in [0, 0.1) is 11.6 Å². The molecular formula is C27H32F2N5O6PS. The molecule has 1 aliphatic carbocycles. The van der Waals surface area contributed by atoms with Crippen LogP contribution in [-0.2, 0) is 20.0 Å². The average Bonchev–Trinajstić information content (AvgIpc) is 3.60. The molecule has 0 radical (unpaired) electrons. The Labute approximate surface area is 245 Å². The molecule has 0 bridgehead atoms. The van der Waals surface area contributed by atoms with Gasteiger partial charge < -0.3 is 19.1 Å². The number of fused-ring (bicyclic) bond motifs is 1. The molecular weight excluding hydrogens is 591 g/mol. The van der Waals surface area contributed by atoms with Gasteiger partial charge in [-0.2, -0.15) is 0 Å². The van der Waals surface area contributed by atoms with Gasteiger partial charge in [-0.05, 0) is 45.2 Å². The Morgan fingerprint density at radius 2 is 1.88 bits per heavy atom.